The van der Waals surface area contributed by atoms with Crippen molar-refractivity contribution in [3.05, 3.63) is 65.5 Å². The smallest absolute Gasteiger partial charge is 0.416 e. The number of ether oxygens (including phenoxy) is 2. The summed E-state index contributed by atoms with van der Waals surface area (Å²) in [6.45, 7) is 7.90. The molecule has 3 aliphatic heterocycles. The van der Waals surface area contributed by atoms with Crippen LogP contribution in [0.25, 0.3) is 21.7 Å². The molecule has 1 amide bonds. The minimum absolute atomic E-state index is 0.00782. The molecule has 366 valence electrons. The molecule has 0 radical (unpaired) electrons. The van der Waals surface area contributed by atoms with Crippen LogP contribution < -0.4 is 30.7 Å². The van der Waals surface area contributed by atoms with Gasteiger partial charge in [-0.05, 0) is 126 Å². The average molecular weight is 946 g/mol. The van der Waals surface area contributed by atoms with E-state index in [1.54, 1.807) is 39.2 Å². The van der Waals surface area contributed by atoms with Gasteiger partial charge in [-0.2, -0.15) is 13.2 Å². The van der Waals surface area contributed by atoms with E-state index < -0.39 is 36.3 Å². The molecule has 3 aromatic carbocycles. The van der Waals surface area contributed by atoms with E-state index in [-0.39, 0.29) is 34.2 Å². The molecule has 0 bridgehead atoms. The van der Waals surface area contributed by atoms with Gasteiger partial charge in [0, 0.05) is 54.6 Å². The first-order valence-corrected chi connectivity index (χ1v) is 23.5. The second kappa shape index (κ2) is 18.3. The van der Waals surface area contributed by atoms with Gasteiger partial charge in [0.15, 0.2) is 11.5 Å². The molecule has 5 heterocycles. The fourth-order valence-electron chi connectivity index (χ4n) is 10.6. The minimum Gasteiger partial charge on any atom is -0.494 e. The van der Waals surface area contributed by atoms with Gasteiger partial charge in [-0.1, -0.05) is 6.07 Å². The third-order valence-corrected chi connectivity index (χ3v) is 14.9. The Labute approximate surface area is 392 Å². The number of aliphatic hydroxyl groups is 2. The number of carbonyl (C=O) groups excluding carboxylic acids is 1. The number of aryl methyl sites for hydroxylation is 1. The number of nitrogens with one attached hydrogen (secondary N) is 2. The van der Waals surface area contributed by atoms with Gasteiger partial charge < -0.3 is 50.8 Å². The maximum atomic E-state index is 13.7. The van der Waals surface area contributed by atoms with E-state index in [0.29, 0.717) is 82.9 Å². The molecule has 4 fully saturated rings. The van der Waals surface area contributed by atoms with Crippen LogP contribution in [-0.2, 0) is 11.0 Å². The lowest BCUT2D eigenvalue weighted by molar-refractivity contribution is -0.137. The van der Waals surface area contributed by atoms with Crippen LogP contribution in [0.3, 0.4) is 0 Å². The van der Waals surface area contributed by atoms with Gasteiger partial charge in [0.05, 0.1) is 54.5 Å². The van der Waals surface area contributed by atoms with Crippen LogP contribution >= 0.6 is 0 Å². The third kappa shape index (κ3) is 9.49. The fraction of sp³-hybridized carbons (Fsp3) is 0.531. The molecular formula is C49H62F3N9O7. The van der Waals surface area contributed by atoms with Gasteiger partial charge in [-0.3, -0.25) is 19.6 Å². The first kappa shape index (κ1) is 47.3. The number of nitrogen functional groups attached to an aromatic ring is 1. The summed E-state index contributed by atoms with van der Waals surface area (Å²) in [4.78, 5) is 29.2. The highest BCUT2D eigenvalue weighted by Gasteiger charge is 2.46. The number of nitrogens with two attached hydrogens (primary N) is 1. The van der Waals surface area contributed by atoms with Gasteiger partial charge >= 0.3 is 6.18 Å². The highest BCUT2D eigenvalue weighted by Crippen LogP contribution is 2.50. The number of likely N-dealkylation sites (tertiary alicyclic amines) is 1. The van der Waals surface area contributed by atoms with Crippen molar-refractivity contribution in [2.45, 2.75) is 95.9 Å². The standard InChI is InChI=1S/C49H62F3N9O7/c1-28(30-20-31(49(50,51)52)22-32(53)21-30)54-43-34-23-39(38(67-4)24-35(34)55-29(2)56-43)68-27-48(10-11-48)26-58(3)41(63)25-59-16-12-47(13-17-59)14-18-60(19-15-47)36-7-5-6-33-42(36)46(66)61(45(33)65)37-8-9-40(62)57-44(37)64/h5-7,20-24,28,37,40,44,57,62,64-66H,8-19,25-27,53H2,1-4H3,(H,54,55,56)/t28-,37?,40?,44?/m1/s1. The molecule has 2 aromatic heterocycles. The normalized spacial score (nSPS) is 22.1. The largest absolute Gasteiger partial charge is 0.494 e. The van der Waals surface area contributed by atoms with Gasteiger partial charge in [0.1, 0.15) is 24.1 Å². The second-order valence-corrected chi connectivity index (χ2v) is 19.7. The van der Waals surface area contributed by atoms with Crippen LogP contribution in [0.4, 0.5) is 30.4 Å². The van der Waals surface area contributed by atoms with E-state index in [9.17, 15) is 38.4 Å². The number of aliphatic hydroxyl groups excluding tert-OH is 2. The van der Waals surface area contributed by atoms with Crippen molar-refractivity contribution in [2.24, 2.45) is 10.8 Å². The van der Waals surface area contributed by atoms with E-state index in [0.717, 1.165) is 82.5 Å². The zero-order chi connectivity index (χ0) is 48.3. The van der Waals surface area contributed by atoms with Gasteiger partial charge in [0.2, 0.25) is 17.7 Å². The van der Waals surface area contributed by atoms with Crippen LogP contribution in [-0.4, -0.2) is 123 Å². The number of rotatable bonds is 13. The Bertz CT molecular complexity index is 2680. The van der Waals surface area contributed by atoms with Crippen LogP contribution in [0, 0.1) is 17.8 Å². The van der Waals surface area contributed by atoms with E-state index in [4.69, 9.17) is 15.2 Å². The van der Waals surface area contributed by atoms with Crippen molar-refractivity contribution >= 4 is 44.8 Å². The first-order chi connectivity index (χ1) is 32.3. The summed E-state index contributed by atoms with van der Waals surface area (Å²) >= 11 is 0. The number of halogens is 3. The summed E-state index contributed by atoms with van der Waals surface area (Å²) in [6, 6.07) is 11.4. The summed E-state index contributed by atoms with van der Waals surface area (Å²) in [6.07, 6.45) is -0.0988. The summed E-state index contributed by atoms with van der Waals surface area (Å²) in [5, 5.41) is 50.9. The van der Waals surface area contributed by atoms with Gasteiger partial charge in [-0.15, -0.1) is 0 Å². The zero-order valence-electron chi connectivity index (χ0n) is 38.9. The number of fused-ring (bicyclic) bond motifs is 2. The Kier molecular flexibility index (Phi) is 12.7. The molecule has 1 aliphatic carbocycles. The average Bonchev–Trinajstić information content (AvgIpc) is 4.02. The van der Waals surface area contributed by atoms with Crippen molar-refractivity contribution in [1.82, 2.24) is 29.7 Å². The number of amides is 1. The van der Waals surface area contributed by atoms with Crippen molar-refractivity contribution < 1.29 is 47.9 Å². The number of nitrogens with zero attached hydrogens (tertiary/aromatic N) is 6. The Morgan fingerprint density at radius 1 is 0.971 bits per heavy atom. The number of methoxy groups -OCH3 is 1. The van der Waals surface area contributed by atoms with E-state index in [2.05, 4.69) is 30.4 Å². The van der Waals surface area contributed by atoms with Gasteiger partial charge in [-0.25, -0.2) is 9.97 Å². The number of hydrogen-bond acceptors (Lipinski definition) is 14. The molecule has 5 aromatic rings. The van der Waals surface area contributed by atoms with Crippen molar-refractivity contribution in [3.8, 4) is 23.3 Å². The van der Waals surface area contributed by atoms with Crippen LogP contribution in [0.1, 0.15) is 87.3 Å². The maximum Gasteiger partial charge on any atom is 0.416 e. The fourth-order valence-corrected chi connectivity index (χ4v) is 10.6. The lowest BCUT2D eigenvalue weighted by atomic mass is 9.71. The molecule has 4 atom stereocenters. The Balaban J connectivity index is 0.789. The summed E-state index contributed by atoms with van der Waals surface area (Å²) < 4.78 is 54.4. The lowest BCUT2D eigenvalue weighted by Crippen LogP contribution is -2.49. The number of anilines is 3. The highest BCUT2D eigenvalue weighted by molar-refractivity contribution is 6.02. The first-order valence-electron chi connectivity index (χ1n) is 23.5. The molecule has 16 nitrogen and oxygen atoms in total. The van der Waals surface area contributed by atoms with E-state index in [1.807, 2.05) is 24.1 Å². The monoisotopic (exact) mass is 945 g/mol. The number of piperidine rings is 3. The molecule has 3 unspecified atom stereocenters. The zero-order valence-corrected chi connectivity index (χ0v) is 38.9. The summed E-state index contributed by atoms with van der Waals surface area (Å²) in [5.41, 5.74) is 6.74. The second-order valence-electron chi connectivity index (χ2n) is 19.7. The molecular weight excluding hydrogens is 884 g/mol. The van der Waals surface area contributed by atoms with Crippen LogP contribution in [0.2, 0.25) is 0 Å². The molecule has 4 aliphatic rings. The Morgan fingerprint density at radius 3 is 2.37 bits per heavy atom. The summed E-state index contributed by atoms with van der Waals surface area (Å²) in [5.74, 6) is 1.66. The Hall–Kier alpha value is -5.76. The minimum atomic E-state index is -4.55. The molecule has 9 rings (SSSR count). The number of aromatic nitrogens is 3. The number of aromatic hydroxyl groups is 2. The summed E-state index contributed by atoms with van der Waals surface area (Å²) in [7, 11) is 3.39. The van der Waals surface area contributed by atoms with Crippen molar-refractivity contribution in [3.63, 3.8) is 0 Å². The third-order valence-electron chi connectivity index (χ3n) is 14.9. The maximum absolute atomic E-state index is 13.7. The number of likely N-dealkylation sites (N-methyl/N-ethyl adjacent to an activating group) is 1. The number of benzene rings is 3. The SMILES string of the molecule is COc1cc2nc(C)nc(N[C@H](C)c3cc(N)cc(C(F)(F)F)c3)c2cc1OCC1(CN(C)C(=O)CN2CCC3(CC2)CCN(c2cccc4c(O)n(C5CCC(O)NC5O)c(O)c24)CC3)CC1. The van der Waals surface area contributed by atoms with Gasteiger partial charge in [0.25, 0.3) is 0 Å². The molecule has 68 heavy (non-hydrogen) atoms. The van der Waals surface area contributed by atoms with Crippen LogP contribution in [0.15, 0.2) is 48.5 Å². The van der Waals surface area contributed by atoms with E-state index >= 15 is 0 Å². The topological polar surface area (TPSA) is 207 Å². The molecule has 8 N–H and O–H groups in total. The lowest BCUT2D eigenvalue weighted by Gasteiger charge is -2.47. The number of alkyl halides is 3. The molecule has 1 spiro atoms. The molecule has 19 heteroatoms. The number of carbonyl (C=O) groups is 1. The van der Waals surface area contributed by atoms with E-state index in [1.165, 1.54) is 10.6 Å². The van der Waals surface area contributed by atoms with Crippen molar-refractivity contribution in [2.75, 3.05) is 76.0 Å². The Morgan fingerprint density at radius 2 is 1.69 bits per heavy atom. The predicted molar refractivity (Wildman–Crippen MR) is 252 cm³/mol. The molecule has 3 saturated heterocycles. The predicted octanol–water partition coefficient (Wildman–Crippen LogP) is 6.65. The number of hydrogen-bond donors (Lipinski definition) is 7. The highest BCUT2D eigenvalue weighted by atomic mass is 19.4. The van der Waals surface area contributed by atoms with Crippen molar-refractivity contribution in [1.29, 1.82) is 0 Å². The van der Waals surface area contributed by atoms with Crippen LogP contribution in [0.5, 0.6) is 23.3 Å². The quantitative estimate of drug-likeness (QED) is 0.0618. The molecule has 1 saturated carbocycles.